The van der Waals surface area contributed by atoms with E-state index in [1.165, 1.54) is 4.88 Å². The molecule has 0 aliphatic heterocycles. The molecule has 2 N–H and O–H groups in total. The van der Waals surface area contributed by atoms with Crippen LogP contribution in [-0.4, -0.2) is 40.1 Å². The van der Waals surface area contributed by atoms with Gasteiger partial charge in [0.2, 0.25) is 5.82 Å². The summed E-state index contributed by atoms with van der Waals surface area (Å²) in [6.07, 6.45) is 1.60. The van der Waals surface area contributed by atoms with Crippen LogP contribution in [-0.2, 0) is 13.1 Å². The van der Waals surface area contributed by atoms with Crippen LogP contribution in [0.2, 0.25) is 0 Å². The van der Waals surface area contributed by atoms with E-state index in [9.17, 15) is 0 Å². The maximum atomic E-state index is 5.29. The fourth-order valence-electron chi connectivity index (χ4n) is 2.18. The highest BCUT2D eigenvalue weighted by Crippen LogP contribution is 2.23. The number of thiophene rings is 1. The summed E-state index contributed by atoms with van der Waals surface area (Å²) in [6.45, 7) is 1.28. The highest BCUT2D eigenvalue weighted by Gasteiger charge is 2.11. The van der Waals surface area contributed by atoms with Gasteiger partial charge in [0, 0.05) is 19.0 Å². The van der Waals surface area contributed by atoms with Crippen LogP contribution in [0.4, 0.5) is 0 Å². The number of nitrogens with zero attached hydrogens (tertiary/aromatic N) is 4. The molecule has 0 amide bonds. The average Bonchev–Trinajstić information content (AvgIpc) is 3.29. The number of nitrogens with one attached hydrogen (secondary N) is 2. The van der Waals surface area contributed by atoms with Crippen LogP contribution in [0.3, 0.4) is 0 Å². The number of aromatic amines is 1. The first-order valence-corrected chi connectivity index (χ1v) is 8.88. The summed E-state index contributed by atoms with van der Waals surface area (Å²) in [5.41, 5.74) is 0. The van der Waals surface area contributed by atoms with Gasteiger partial charge in [-0.15, -0.1) is 40.4 Å². The SMILES string of the molecule is CN=C(NCc1nc(-c2ccco2)n[nH]1)N(C)Cc1ccc(Br)s1.I. The summed E-state index contributed by atoms with van der Waals surface area (Å²) >= 11 is 5.20. The Morgan fingerprint density at radius 2 is 2.28 bits per heavy atom. The summed E-state index contributed by atoms with van der Waals surface area (Å²) in [4.78, 5) is 12.0. The molecule has 25 heavy (non-hydrogen) atoms. The number of aromatic nitrogens is 3. The summed E-state index contributed by atoms with van der Waals surface area (Å²) < 4.78 is 6.41. The number of halogens is 2. The lowest BCUT2D eigenvalue weighted by Crippen LogP contribution is -2.38. The van der Waals surface area contributed by atoms with Crippen molar-refractivity contribution in [3.05, 3.63) is 45.0 Å². The zero-order valence-corrected chi connectivity index (χ0v) is 18.4. The van der Waals surface area contributed by atoms with E-state index >= 15 is 0 Å². The summed E-state index contributed by atoms with van der Waals surface area (Å²) in [6, 6.07) is 7.79. The normalized spacial score (nSPS) is 11.2. The quantitative estimate of drug-likeness (QED) is 0.295. The molecule has 0 aliphatic carbocycles. The van der Waals surface area contributed by atoms with Gasteiger partial charge in [0.25, 0.3) is 0 Å². The maximum Gasteiger partial charge on any atom is 0.216 e. The largest absolute Gasteiger partial charge is 0.461 e. The molecule has 0 atom stereocenters. The molecule has 0 aromatic carbocycles. The molecular formula is C15H18BrIN6OS. The van der Waals surface area contributed by atoms with Gasteiger partial charge < -0.3 is 14.6 Å². The minimum Gasteiger partial charge on any atom is -0.461 e. The predicted octanol–water partition coefficient (Wildman–Crippen LogP) is 3.71. The van der Waals surface area contributed by atoms with Crippen LogP contribution in [0.25, 0.3) is 11.6 Å². The third-order valence-corrected chi connectivity index (χ3v) is 4.89. The molecule has 0 radical (unpaired) electrons. The Labute approximate surface area is 175 Å². The fraction of sp³-hybridized carbons (Fsp3) is 0.267. The van der Waals surface area contributed by atoms with E-state index in [2.05, 4.69) is 58.5 Å². The Bertz CT molecular complexity index is 816. The third kappa shape index (κ3) is 5.28. The highest BCUT2D eigenvalue weighted by molar-refractivity contribution is 14.0. The van der Waals surface area contributed by atoms with E-state index in [0.717, 1.165) is 22.1 Å². The van der Waals surface area contributed by atoms with Crippen LogP contribution >= 0.6 is 51.2 Å². The molecule has 0 aliphatic rings. The molecule has 10 heteroatoms. The molecule has 0 unspecified atom stereocenters. The molecule has 134 valence electrons. The van der Waals surface area contributed by atoms with Gasteiger partial charge in [0.05, 0.1) is 23.1 Å². The van der Waals surface area contributed by atoms with Crippen molar-refractivity contribution in [1.29, 1.82) is 0 Å². The van der Waals surface area contributed by atoms with Crippen LogP contribution in [0.15, 0.2) is 43.7 Å². The van der Waals surface area contributed by atoms with Gasteiger partial charge in [-0.1, -0.05) is 0 Å². The van der Waals surface area contributed by atoms with Crippen molar-refractivity contribution in [1.82, 2.24) is 25.4 Å². The number of guanidine groups is 1. The first-order valence-electron chi connectivity index (χ1n) is 7.27. The Hall–Kier alpha value is -1.40. The lowest BCUT2D eigenvalue weighted by molar-refractivity contribution is 0.480. The second-order valence-corrected chi connectivity index (χ2v) is 7.59. The van der Waals surface area contributed by atoms with Gasteiger partial charge in [0.15, 0.2) is 11.7 Å². The number of rotatable bonds is 5. The fourth-order valence-corrected chi connectivity index (χ4v) is 3.72. The van der Waals surface area contributed by atoms with Gasteiger partial charge in [-0.25, -0.2) is 4.98 Å². The van der Waals surface area contributed by atoms with Crippen molar-refractivity contribution in [2.24, 2.45) is 4.99 Å². The predicted molar refractivity (Wildman–Crippen MR) is 113 cm³/mol. The van der Waals surface area contributed by atoms with Crippen molar-refractivity contribution in [2.75, 3.05) is 14.1 Å². The van der Waals surface area contributed by atoms with Crippen molar-refractivity contribution in [3.8, 4) is 11.6 Å². The number of aliphatic imine (C=N–C) groups is 1. The van der Waals surface area contributed by atoms with Crippen molar-refractivity contribution < 1.29 is 4.42 Å². The van der Waals surface area contributed by atoms with E-state index in [4.69, 9.17) is 4.42 Å². The Kier molecular flexibility index (Phi) is 7.44. The zero-order valence-electron chi connectivity index (χ0n) is 13.7. The second kappa shape index (κ2) is 9.34. The molecule has 0 spiro atoms. The van der Waals surface area contributed by atoms with Gasteiger partial charge in [-0.2, -0.15) is 0 Å². The molecule has 0 bridgehead atoms. The number of hydrogen-bond donors (Lipinski definition) is 2. The van der Waals surface area contributed by atoms with Gasteiger partial charge in [0.1, 0.15) is 5.82 Å². The second-order valence-electron chi connectivity index (χ2n) is 5.05. The number of H-pyrrole nitrogens is 1. The van der Waals surface area contributed by atoms with Gasteiger partial charge in [-0.05, 0) is 40.2 Å². The molecular weight excluding hydrogens is 519 g/mol. The smallest absolute Gasteiger partial charge is 0.216 e. The van der Waals surface area contributed by atoms with Crippen molar-refractivity contribution >= 4 is 57.2 Å². The maximum absolute atomic E-state index is 5.29. The Morgan fingerprint density at radius 1 is 1.44 bits per heavy atom. The van der Waals surface area contributed by atoms with Crippen LogP contribution in [0, 0.1) is 0 Å². The molecule has 3 rings (SSSR count). The van der Waals surface area contributed by atoms with E-state index in [1.807, 2.05) is 19.2 Å². The first kappa shape index (κ1) is 19.9. The van der Waals surface area contributed by atoms with Gasteiger partial charge >= 0.3 is 0 Å². The van der Waals surface area contributed by atoms with Crippen molar-refractivity contribution in [3.63, 3.8) is 0 Å². The number of hydrogen-bond acceptors (Lipinski definition) is 5. The van der Waals surface area contributed by atoms with Crippen LogP contribution < -0.4 is 5.32 Å². The summed E-state index contributed by atoms with van der Waals surface area (Å²) in [7, 11) is 3.76. The minimum absolute atomic E-state index is 0. The molecule has 3 heterocycles. The highest BCUT2D eigenvalue weighted by atomic mass is 127. The van der Waals surface area contributed by atoms with E-state index < -0.39 is 0 Å². The van der Waals surface area contributed by atoms with Crippen LogP contribution in [0.1, 0.15) is 10.7 Å². The monoisotopic (exact) mass is 536 g/mol. The Morgan fingerprint density at radius 3 is 2.92 bits per heavy atom. The van der Waals surface area contributed by atoms with Crippen molar-refractivity contribution in [2.45, 2.75) is 13.1 Å². The van der Waals surface area contributed by atoms with Crippen LogP contribution in [0.5, 0.6) is 0 Å². The lowest BCUT2D eigenvalue weighted by atomic mass is 10.4. The molecule has 0 saturated heterocycles. The number of furan rings is 1. The molecule has 0 fully saturated rings. The molecule has 7 nitrogen and oxygen atoms in total. The summed E-state index contributed by atoms with van der Waals surface area (Å²) in [5.74, 6) is 2.69. The standard InChI is InChI=1S/C15H17BrN6OS.HI/c1-17-15(22(2)9-10-5-6-12(16)24-10)18-8-13-19-14(21-20-13)11-4-3-7-23-11;/h3-7H,8-9H2,1-2H3,(H,17,18)(H,19,20,21);1H. The molecule has 3 aromatic heterocycles. The molecule has 3 aromatic rings. The summed E-state index contributed by atoms with van der Waals surface area (Å²) in [5, 5.41) is 10.3. The topological polar surface area (TPSA) is 82.3 Å². The Balaban J connectivity index is 0.00000225. The van der Waals surface area contributed by atoms with Gasteiger partial charge in [-0.3, -0.25) is 10.1 Å². The first-order chi connectivity index (χ1) is 11.7. The van der Waals surface area contributed by atoms with E-state index in [1.54, 1.807) is 24.6 Å². The van der Waals surface area contributed by atoms with E-state index in [-0.39, 0.29) is 24.0 Å². The average molecular weight is 537 g/mol. The van der Waals surface area contributed by atoms with E-state index in [0.29, 0.717) is 18.1 Å². The molecule has 0 saturated carbocycles. The zero-order chi connectivity index (χ0) is 16.9. The third-order valence-electron chi connectivity index (χ3n) is 3.28. The minimum atomic E-state index is 0. The lowest BCUT2D eigenvalue weighted by Gasteiger charge is -2.20.